The number of hydrogen-bond donors (Lipinski definition) is 0. The smallest absolute Gasteiger partial charge is 0.253 e. The van der Waals surface area contributed by atoms with Crippen LogP contribution in [0.1, 0.15) is 17.0 Å². The fourth-order valence-electron chi connectivity index (χ4n) is 3.46. The van der Waals surface area contributed by atoms with Crippen LogP contribution in [0.4, 0.5) is 0 Å². The van der Waals surface area contributed by atoms with Crippen molar-refractivity contribution in [2.24, 2.45) is 0 Å². The molecule has 1 amide bonds. The van der Waals surface area contributed by atoms with Gasteiger partial charge in [-0.1, -0.05) is 29.5 Å². The number of aromatic nitrogens is 4. The molecule has 0 atom stereocenters. The number of carbonyl (C=O) groups excluding carboxylic acids is 1. The summed E-state index contributed by atoms with van der Waals surface area (Å²) in [6.45, 7) is 7.03. The highest BCUT2D eigenvalue weighted by Gasteiger charge is 2.30. The van der Waals surface area contributed by atoms with Crippen LogP contribution in [-0.2, 0) is 14.8 Å². The maximum Gasteiger partial charge on any atom is 0.253 e. The number of amides is 1. The van der Waals surface area contributed by atoms with Gasteiger partial charge in [0, 0.05) is 37.6 Å². The van der Waals surface area contributed by atoms with Crippen LogP contribution in [0.15, 0.2) is 40.4 Å². The molecule has 1 aliphatic rings. The predicted octanol–water partition coefficient (Wildman–Crippen LogP) is 1.67. The lowest BCUT2D eigenvalue weighted by atomic mass is 10.2. The SMILES string of the molecule is Cc1ccc(S(=O)(=O)N2CCN(C(=O)CSc3nc4nc(C)cc(C)n4n3)CC2)cc1. The summed E-state index contributed by atoms with van der Waals surface area (Å²) >= 11 is 1.26. The maximum absolute atomic E-state index is 12.8. The second-order valence-corrected chi connectivity index (χ2v) is 10.4. The van der Waals surface area contributed by atoms with Gasteiger partial charge in [-0.05, 0) is 39.0 Å². The molecule has 0 N–H and O–H groups in total. The Morgan fingerprint density at radius 1 is 1.03 bits per heavy atom. The summed E-state index contributed by atoms with van der Waals surface area (Å²) in [6, 6.07) is 8.74. The van der Waals surface area contributed by atoms with Gasteiger partial charge in [0.15, 0.2) is 0 Å². The zero-order chi connectivity index (χ0) is 22.2. The third-order valence-electron chi connectivity index (χ3n) is 5.17. The van der Waals surface area contributed by atoms with Gasteiger partial charge < -0.3 is 4.90 Å². The highest BCUT2D eigenvalue weighted by molar-refractivity contribution is 7.99. The molecule has 3 heterocycles. The largest absolute Gasteiger partial charge is 0.339 e. The minimum atomic E-state index is -3.55. The number of sulfonamides is 1. The second-order valence-electron chi connectivity index (χ2n) is 7.53. The van der Waals surface area contributed by atoms with Crippen molar-refractivity contribution in [3.05, 3.63) is 47.3 Å². The van der Waals surface area contributed by atoms with E-state index in [1.165, 1.54) is 16.1 Å². The third-order valence-corrected chi connectivity index (χ3v) is 7.91. The molecule has 0 unspecified atom stereocenters. The molecular formula is C20H24N6O3S2. The number of piperazine rings is 1. The van der Waals surface area contributed by atoms with Crippen molar-refractivity contribution in [2.75, 3.05) is 31.9 Å². The molecule has 0 radical (unpaired) electrons. The summed E-state index contributed by atoms with van der Waals surface area (Å²) in [7, 11) is -3.55. The standard InChI is InChI=1S/C20H24N6O3S2/c1-14-4-6-17(7-5-14)31(28,29)25-10-8-24(9-11-25)18(27)13-30-20-22-19-21-15(2)12-16(3)26(19)23-20/h4-7,12H,8-11,13H2,1-3H3. The van der Waals surface area contributed by atoms with Gasteiger partial charge >= 0.3 is 0 Å². The number of thioether (sulfide) groups is 1. The van der Waals surface area contributed by atoms with Crippen LogP contribution in [0.2, 0.25) is 0 Å². The first kappa shape index (κ1) is 21.7. The van der Waals surface area contributed by atoms with Crippen LogP contribution < -0.4 is 0 Å². The first-order valence-electron chi connectivity index (χ1n) is 9.92. The van der Waals surface area contributed by atoms with Crippen molar-refractivity contribution >= 4 is 33.5 Å². The zero-order valence-corrected chi connectivity index (χ0v) is 19.3. The fourth-order valence-corrected chi connectivity index (χ4v) is 5.61. The summed E-state index contributed by atoms with van der Waals surface area (Å²) in [5.41, 5.74) is 2.80. The van der Waals surface area contributed by atoms with E-state index < -0.39 is 10.0 Å². The number of fused-ring (bicyclic) bond motifs is 1. The van der Waals surface area contributed by atoms with Crippen LogP contribution >= 0.6 is 11.8 Å². The van der Waals surface area contributed by atoms with Crippen molar-refractivity contribution in [1.82, 2.24) is 28.8 Å². The molecule has 11 heteroatoms. The second kappa shape index (κ2) is 8.56. The molecule has 1 fully saturated rings. The summed E-state index contributed by atoms with van der Waals surface area (Å²) in [4.78, 5) is 23.3. The maximum atomic E-state index is 12.8. The molecule has 0 bridgehead atoms. The van der Waals surface area contributed by atoms with Crippen LogP contribution in [0.3, 0.4) is 0 Å². The summed E-state index contributed by atoms with van der Waals surface area (Å²) < 4.78 is 28.7. The van der Waals surface area contributed by atoms with Gasteiger partial charge in [0.05, 0.1) is 10.6 Å². The summed E-state index contributed by atoms with van der Waals surface area (Å²) in [5, 5.41) is 4.90. The highest BCUT2D eigenvalue weighted by atomic mass is 32.2. The Morgan fingerprint density at radius 2 is 1.71 bits per heavy atom. The number of benzene rings is 1. The van der Waals surface area contributed by atoms with E-state index in [2.05, 4.69) is 15.1 Å². The molecule has 0 saturated carbocycles. The molecule has 0 aliphatic carbocycles. The Labute approximate surface area is 185 Å². The highest BCUT2D eigenvalue weighted by Crippen LogP contribution is 2.20. The van der Waals surface area contributed by atoms with Crippen LogP contribution in [0.25, 0.3) is 5.78 Å². The predicted molar refractivity (Wildman–Crippen MR) is 117 cm³/mol. The minimum Gasteiger partial charge on any atom is -0.339 e. The minimum absolute atomic E-state index is 0.0582. The molecule has 164 valence electrons. The van der Waals surface area contributed by atoms with E-state index in [9.17, 15) is 13.2 Å². The summed E-state index contributed by atoms with van der Waals surface area (Å²) in [6.07, 6.45) is 0. The molecule has 2 aromatic heterocycles. The third kappa shape index (κ3) is 4.58. The molecule has 4 rings (SSSR count). The van der Waals surface area contributed by atoms with E-state index in [4.69, 9.17) is 0 Å². The normalized spacial score (nSPS) is 15.5. The monoisotopic (exact) mass is 460 g/mol. The topological polar surface area (TPSA) is 101 Å². The molecular weight excluding hydrogens is 436 g/mol. The van der Waals surface area contributed by atoms with Gasteiger partial charge in [-0.2, -0.15) is 9.29 Å². The molecule has 1 aromatic carbocycles. The lowest BCUT2D eigenvalue weighted by molar-refractivity contribution is -0.129. The van der Waals surface area contributed by atoms with Gasteiger partial charge in [0.1, 0.15) is 0 Å². The van der Waals surface area contributed by atoms with E-state index in [0.29, 0.717) is 24.0 Å². The number of carbonyl (C=O) groups is 1. The number of nitrogens with zero attached hydrogens (tertiary/aromatic N) is 6. The van der Waals surface area contributed by atoms with Crippen LogP contribution in [0, 0.1) is 20.8 Å². The molecule has 3 aromatic rings. The van der Waals surface area contributed by atoms with Crippen molar-refractivity contribution in [2.45, 2.75) is 30.8 Å². The molecule has 0 spiro atoms. The summed E-state index contributed by atoms with van der Waals surface area (Å²) in [5.74, 6) is 0.652. The first-order chi connectivity index (χ1) is 14.7. The van der Waals surface area contributed by atoms with Gasteiger partial charge in [-0.25, -0.2) is 17.9 Å². The number of rotatable bonds is 5. The van der Waals surface area contributed by atoms with Crippen molar-refractivity contribution in [3.8, 4) is 0 Å². The van der Waals surface area contributed by atoms with Gasteiger partial charge in [-0.3, -0.25) is 4.79 Å². The van der Waals surface area contributed by atoms with E-state index in [1.54, 1.807) is 33.7 Å². The van der Waals surface area contributed by atoms with Crippen molar-refractivity contribution < 1.29 is 13.2 Å². The lowest BCUT2D eigenvalue weighted by Crippen LogP contribution is -2.50. The fraction of sp³-hybridized carbons (Fsp3) is 0.400. The Morgan fingerprint density at radius 3 is 2.39 bits per heavy atom. The zero-order valence-electron chi connectivity index (χ0n) is 17.6. The van der Waals surface area contributed by atoms with E-state index >= 15 is 0 Å². The first-order valence-corrected chi connectivity index (χ1v) is 12.3. The van der Waals surface area contributed by atoms with Gasteiger partial charge in [0.25, 0.3) is 5.78 Å². The van der Waals surface area contributed by atoms with Crippen molar-refractivity contribution in [1.29, 1.82) is 0 Å². The Kier molecular flexibility index (Phi) is 6.00. The van der Waals surface area contributed by atoms with Crippen molar-refractivity contribution in [3.63, 3.8) is 0 Å². The Bertz CT molecular complexity index is 1220. The Balaban J connectivity index is 1.34. The number of aryl methyl sites for hydroxylation is 3. The van der Waals surface area contributed by atoms with Crippen LogP contribution in [0.5, 0.6) is 0 Å². The molecule has 9 nitrogen and oxygen atoms in total. The molecule has 31 heavy (non-hydrogen) atoms. The van der Waals surface area contributed by atoms with E-state index in [1.807, 2.05) is 26.8 Å². The average molecular weight is 461 g/mol. The number of hydrogen-bond acceptors (Lipinski definition) is 7. The molecule has 1 aliphatic heterocycles. The van der Waals surface area contributed by atoms with E-state index in [0.717, 1.165) is 17.0 Å². The Hall–Kier alpha value is -2.50. The lowest BCUT2D eigenvalue weighted by Gasteiger charge is -2.34. The quantitative estimate of drug-likeness (QED) is 0.534. The van der Waals surface area contributed by atoms with E-state index in [-0.39, 0.29) is 29.6 Å². The van der Waals surface area contributed by atoms with Gasteiger partial charge in [0.2, 0.25) is 21.1 Å². The average Bonchev–Trinajstić information content (AvgIpc) is 3.15. The molecule has 1 saturated heterocycles. The van der Waals surface area contributed by atoms with Crippen LogP contribution in [-0.4, -0.2) is 75.0 Å². The van der Waals surface area contributed by atoms with Gasteiger partial charge in [-0.15, -0.1) is 5.10 Å².